The monoisotopic (exact) mass is 518 g/mol. The molecule has 0 bridgehead atoms. The lowest BCUT2D eigenvalue weighted by Gasteiger charge is -2.40. The summed E-state index contributed by atoms with van der Waals surface area (Å²) in [6.45, 7) is 24.0. The molecule has 2 aliphatic rings. The third kappa shape index (κ3) is 11.0. The molecule has 4 nitrogen and oxygen atoms in total. The van der Waals surface area contributed by atoms with E-state index in [1.54, 1.807) is 0 Å². The Morgan fingerprint density at radius 3 is 1.70 bits per heavy atom. The fraction of sp³-hybridized carbons (Fsp3) is 0.939. The number of amides is 1. The number of Topliss-reactive ketones (excluding diaryl/α,β-unsaturated/α-hetero) is 1. The van der Waals surface area contributed by atoms with Gasteiger partial charge < -0.3 is 10.6 Å². The largest absolute Gasteiger partial charge is 0.353 e. The topological polar surface area (TPSA) is 58.2 Å². The molecule has 0 aromatic rings. The van der Waals surface area contributed by atoms with Gasteiger partial charge in [-0.05, 0) is 85.9 Å². The summed E-state index contributed by atoms with van der Waals surface area (Å²) in [7, 11) is 0. The zero-order valence-electron chi connectivity index (χ0n) is 26.4. The van der Waals surface area contributed by atoms with Gasteiger partial charge in [-0.2, -0.15) is 0 Å². The van der Waals surface area contributed by atoms with Gasteiger partial charge in [0.05, 0.1) is 0 Å². The van der Waals surface area contributed by atoms with E-state index in [4.69, 9.17) is 0 Å². The molecule has 0 heterocycles. The first kappa shape index (κ1) is 32.3. The van der Waals surface area contributed by atoms with E-state index in [0.717, 1.165) is 30.6 Å². The van der Waals surface area contributed by atoms with E-state index < -0.39 is 0 Å². The van der Waals surface area contributed by atoms with Gasteiger partial charge in [-0.25, -0.2) is 0 Å². The summed E-state index contributed by atoms with van der Waals surface area (Å²) in [6.07, 6.45) is 11.0. The van der Waals surface area contributed by atoms with Crippen molar-refractivity contribution >= 4 is 11.7 Å². The average molecular weight is 519 g/mol. The van der Waals surface area contributed by atoms with Crippen molar-refractivity contribution < 1.29 is 9.59 Å². The number of carbonyl (C=O) groups is 2. The molecule has 0 aliphatic heterocycles. The van der Waals surface area contributed by atoms with Crippen LogP contribution in [0.5, 0.6) is 0 Å². The number of rotatable bonds is 11. The lowest BCUT2D eigenvalue weighted by Crippen LogP contribution is -2.45. The molecule has 1 amide bonds. The Kier molecular flexibility index (Phi) is 11.3. The van der Waals surface area contributed by atoms with Crippen LogP contribution in [0.25, 0.3) is 0 Å². The van der Waals surface area contributed by atoms with Gasteiger partial charge in [0.25, 0.3) is 0 Å². The number of carbonyl (C=O) groups excluding carboxylic acids is 2. The normalized spacial score (nSPS) is 29.8. The Labute approximate surface area is 230 Å². The van der Waals surface area contributed by atoms with Crippen molar-refractivity contribution in [3.8, 4) is 0 Å². The highest BCUT2D eigenvalue weighted by Crippen LogP contribution is 2.41. The smallest absolute Gasteiger partial charge is 0.220 e. The lowest BCUT2D eigenvalue weighted by molar-refractivity contribution is -0.128. The first-order chi connectivity index (χ1) is 16.9. The SMILES string of the molecule is CC(C)NC1CCC(CC2CCC(NC(=O)CC(C)(C)CC(C)(C)CC(=O)C(C)(C)C)C(C)C2)CC1C. The van der Waals surface area contributed by atoms with Crippen LogP contribution < -0.4 is 10.6 Å². The third-order valence-corrected chi connectivity index (χ3v) is 9.19. The van der Waals surface area contributed by atoms with Crippen LogP contribution >= 0.6 is 0 Å². The van der Waals surface area contributed by atoms with Crippen molar-refractivity contribution in [3.05, 3.63) is 0 Å². The second-order valence-corrected chi connectivity index (χ2v) is 16.2. The molecule has 0 aromatic carbocycles. The highest BCUT2D eigenvalue weighted by Gasteiger charge is 2.37. The number of hydrogen-bond donors (Lipinski definition) is 2. The molecule has 2 saturated carbocycles. The van der Waals surface area contributed by atoms with Gasteiger partial charge in [-0.1, -0.05) is 76.2 Å². The second kappa shape index (κ2) is 13.0. The van der Waals surface area contributed by atoms with E-state index in [1.807, 2.05) is 20.8 Å². The molecule has 0 spiro atoms. The van der Waals surface area contributed by atoms with Gasteiger partial charge in [0.15, 0.2) is 0 Å². The van der Waals surface area contributed by atoms with Crippen LogP contribution in [0.15, 0.2) is 0 Å². The summed E-state index contributed by atoms with van der Waals surface area (Å²) in [6, 6.07) is 1.57. The fourth-order valence-corrected chi connectivity index (χ4v) is 7.62. The number of nitrogens with one attached hydrogen (secondary N) is 2. The predicted octanol–water partition coefficient (Wildman–Crippen LogP) is 7.94. The van der Waals surface area contributed by atoms with E-state index in [-0.39, 0.29) is 22.2 Å². The summed E-state index contributed by atoms with van der Waals surface area (Å²) in [5.74, 6) is 3.49. The Morgan fingerprint density at radius 2 is 1.24 bits per heavy atom. The minimum atomic E-state index is -0.309. The summed E-state index contributed by atoms with van der Waals surface area (Å²) in [5, 5.41) is 7.19. The zero-order valence-corrected chi connectivity index (χ0v) is 26.4. The van der Waals surface area contributed by atoms with Crippen molar-refractivity contribution in [1.82, 2.24) is 10.6 Å². The van der Waals surface area contributed by atoms with Crippen LogP contribution in [0.2, 0.25) is 0 Å². The molecule has 216 valence electrons. The van der Waals surface area contributed by atoms with Crippen molar-refractivity contribution in [2.24, 2.45) is 39.9 Å². The quantitative estimate of drug-likeness (QED) is 0.292. The summed E-state index contributed by atoms with van der Waals surface area (Å²) in [4.78, 5) is 25.7. The molecule has 2 rings (SSSR count). The molecule has 4 heteroatoms. The van der Waals surface area contributed by atoms with Gasteiger partial charge in [0.1, 0.15) is 5.78 Å². The van der Waals surface area contributed by atoms with Crippen molar-refractivity contribution in [3.63, 3.8) is 0 Å². The summed E-state index contributed by atoms with van der Waals surface area (Å²) in [5.41, 5.74) is -0.552. The van der Waals surface area contributed by atoms with Gasteiger partial charge in [-0.15, -0.1) is 0 Å². The molecule has 2 aliphatic carbocycles. The van der Waals surface area contributed by atoms with Crippen LogP contribution in [0.3, 0.4) is 0 Å². The number of hydrogen-bond acceptors (Lipinski definition) is 3. The van der Waals surface area contributed by atoms with Gasteiger partial charge in [0.2, 0.25) is 5.91 Å². The van der Waals surface area contributed by atoms with Crippen molar-refractivity contribution in [1.29, 1.82) is 0 Å². The first-order valence-electron chi connectivity index (χ1n) is 15.5. The van der Waals surface area contributed by atoms with Gasteiger partial charge >= 0.3 is 0 Å². The maximum atomic E-state index is 13.1. The molecular formula is C33H62N2O2. The third-order valence-electron chi connectivity index (χ3n) is 9.19. The first-order valence-corrected chi connectivity index (χ1v) is 15.5. The van der Waals surface area contributed by atoms with E-state index in [9.17, 15) is 9.59 Å². The van der Waals surface area contributed by atoms with Crippen LogP contribution in [0.4, 0.5) is 0 Å². The second-order valence-electron chi connectivity index (χ2n) is 16.2. The molecule has 37 heavy (non-hydrogen) atoms. The minimum absolute atomic E-state index is 0.110. The van der Waals surface area contributed by atoms with Crippen molar-refractivity contribution in [2.45, 2.75) is 158 Å². The van der Waals surface area contributed by atoms with Gasteiger partial charge in [0, 0.05) is 36.4 Å². The average Bonchev–Trinajstić information content (AvgIpc) is 2.69. The molecule has 6 unspecified atom stereocenters. The van der Waals surface area contributed by atoms with E-state index in [2.05, 4.69) is 66.0 Å². The van der Waals surface area contributed by atoms with Crippen LogP contribution in [0.1, 0.15) is 140 Å². The lowest BCUT2D eigenvalue weighted by atomic mass is 9.69. The maximum absolute atomic E-state index is 13.1. The van der Waals surface area contributed by atoms with Crippen LogP contribution in [-0.4, -0.2) is 29.8 Å². The Morgan fingerprint density at radius 1 is 0.757 bits per heavy atom. The molecule has 2 fully saturated rings. The minimum Gasteiger partial charge on any atom is -0.353 e. The zero-order chi connectivity index (χ0) is 28.2. The molecule has 0 aromatic heterocycles. The van der Waals surface area contributed by atoms with E-state index in [1.165, 1.54) is 38.5 Å². The van der Waals surface area contributed by atoms with Gasteiger partial charge in [-0.3, -0.25) is 9.59 Å². The Hall–Kier alpha value is -0.900. The van der Waals surface area contributed by atoms with Crippen LogP contribution in [-0.2, 0) is 9.59 Å². The van der Waals surface area contributed by atoms with E-state index in [0.29, 0.717) is 42.7 Å². The Balaban J connectivity index is 1.79. The molecule has 0 radical (unpaired) electrons. The van der Waals surface area contributed by atoms with Crippen molar-refractivity contribution in [2.75, 3.05) is 0 Å². The molecule has 0 saturated heterocycles. The molecular weight excluding hydrogens is 456 g/mol. The maximum Gasteiger partial charge on any atom is 0.220 e. The summed E-state index contributed by atoms with van der Waals surface area (Å²) < 4.78 is 0. The summed E-state index contributed by atoms with van der Waals surface area (Å²) >= 11 is 0. The fourth-order valence-electron chi connectivity index (χ4n) is 7.62. The highest BCUT2D eigenvalue weighted by molar-refractivity contribution is 5.84. The molecule has 2 N–H and O–H groups in total. The Bertz CT molecular complexity index is 748. The standard InChI is InChI=1S/C33H62N2O2/c1-22(2)34-27-14-12-25(16-23(27)3)18-26-13-15-28(24(4)17-26)35-30(37)20-33(10,11)21-32(8,9)19-29(36)31(5,6)7/h22-28,34H,12-21H2,1-11H3,(H,35,37). The molecule has 6 atom stereocenters. The highest BCUT2D eigenvalue weighted by atomic mass is 16.1. The van der Waals surface area contributed by atoms with E-state index >= 15 is 0 Å². The number of ketones is 1. The van der Waals surface area contributed by atoms with Crippen LogP contribution in [0, 0.1) is 39.9 Å². The predicted molar refractivity (Wildman–Crippen MR) is 157 cm³/mol.